The van der Waals surface area contributed by atoms with Crippen molar-refractivity contribution in [2.75, 3.05) is 17.3 Å². The number of carbonyl (C=O) groups is 1. The van der Waals surface area contributed by atoms with Gasteiger partial charge >= 0.3 is 0 Å². The molecule has 0 saturated carbocycles. The molecule has 1 aromatic rings. The molecule has 1 N–H and O–H groups in total. The van der Waals surface area contributed by atoms with Gasteiger partial charge in [-0.15, -0.1) is 6.42 Å². The van der Waals surface area contributed by atoms with Gasteiger partial charge in [-0.25, -0.2) is 4.98 Å². The van der Waals surface area contributed by atoms with Crippen molar-refractivity contribution in [3.8, 4) is 12.3 Å². The lowest BCUT2D eigenvalue weighted by Gasteiger charge is -2.04. The Balaban J connectivity index is 2.77. The molecule has 3 nitrogen and oxygen atoms in total. The second kappa shape index (κ2) is 5.30. The number of anilines is 1. The van der Waals surface area contributed by atoms with Crippen LogP contribution in [0.1, 0.15) is 5.56 Å². The Labute approximate surface area is 87.3 Å². The largest absolute Gasteiger partial charge is 0.309 e. The smallest absolute Gasteiger partial charge is 0.235 e. The number of hydrogen-bond donors (Lipinski definition) is 1. The maximum Gasteiger partial charge on any atom is 0.235 e. The van der Waals surface area contributed by atoms with E-state index in [-0.39, 0.29) is 5.91 Å². The number of aromatic nitrogens is 1. The quantitative estimate of drug-likeness (QED) is 0.759. The van der Waals surface area contributed by atoms with Crippen LogP contribution in [-0.2, 0) is 4.79 Å². The molecule has 0 aliphatic heterocycles. The fourth-order valence-electron chi connectivity index (χ4n) is 0.921. The maximum atomic E-state index is 11.2. The molecule has 0 unspecified atom stereocenters. The Morgan fingerprint density at radius 2 is 2.57 bits per heavy atom. The molecule has 0 fully saturated rings. The van der Waals surface area contributed by atoms with Gasteiger partial charge in [0.1, 0.15) is 5.82 Å². The molecule has 0 aliphatic rings. The number of nitrogens with one attached hydrogen (secondary N) is 1. The standard InChI is InChI=1S/C10H10N2OS/c1-3-8-5-4-6-11-10(8)12-9(13)7-14-2/h1,4-6H,7H2,2H3,(H,11,12,13). The minimum absolute atomic E-state index is 0.0901. The number of terminal acetylenes is 1. The summed E-state index contributed by atoms with van der Waals surface area (Å²) in [5.41, 5.74) is 0.599. The molecule has 1 rings (SSSR count). The molecule has 1 aromatic heterocycles. The van der Waals surface area contributed by atoms with Crippen molar-refractivity contribution in [2.24, 2.45) is 0 Å². The maximum absolute atomic E-state index is 11.2. The van der Waals surface area contributed by atoms with Gasteiger partial charge in [0, 0.05) is 6.20 Å². The van der Waals surface area contributed by atoms with Gasteiger partial charge in [0.25, 0.3) is 0 Å². The number of nitrogens with zero attached hydrogens (tertiary/aromatic N) is 1. The molecule has 0 radical (unpaired) electrons. The summed E-state index contributed by atoms with van der Waals surface area (Å²) in [4.78, 5) is 15.2. The summed E-state index contributed by atoms with van der Waals surface area (Å²) in [5, 5.41) is 2.65. The highest BCUT2D eigenvalue weighted by molar-refractivity contribution is 7.99. The molecule has 0 spiro atoms. The van der Waals surface area contributed by atoms with Crippen molar-refractivity contribution in [3.63, 3.8) is 0 Å². The van der Waals surface area contributed by atoms with Crippen molar-refractivity contribution in [3.05, 3.63) is 23.9 Å². The molecule has 0 aliphatic carbocycles. The van der Waals surface area contributed by atoms with E-state index < -0.39 is 0 Å². The summed E-state index contributed by atoms with van der Waals surface area (Å²) >= 11 is 1.45. The molecule has 0 saturated heterocycles. The van der Waals surface area contributed by atoms with E-state index in [1.807, 2.05) is 6.26 Å². The SMILES string of the molecule is C#Cc1cccnc1NC(=O)CSC. The van der Waals surface area contributed by atoms with Gasteiger partial charge < -0.3 is 5.32 Å². The van der Waals surface area contributed by atoms with Gasteiger partial charge in [0.2, 0.25) is 5.91 Å². The van der Waals surface area contributed by atoms with Crippen molar-refractivity contribution < 1.29 is 4.79 Å². The van der Waals surface area contributed by atoms with Crippen LogP contribution in [0.5, 0.6) is 0 Å². The first-order valence-corrected chi connectivity index (χ1v) is 5.37. The lowest BCUT2D eigenvalue weighted by molar-refractivity contribution is -0.113. The zero-order chi connectivity index (χ0) is 10.4. The van der Waals surface area contributed by atoms with Crippen LogP contribution >= 0.6 is 11.8 Å². The predicted molar refractivity (Wildman–Crippen MR) is 59.2 cm³/mol. The second-order valence-electron chi connectivity index (χ2n) is 2.53. The lowest BCUT2D eigenvalue weighted by Crippen LogP contribution is -2.15. The molecule has 14 heavy (non-hydrogen) atoms. The minimum atomic E-state index is -0.0901. The van der Waals surface area contributed by atoms with Crippen molar-refractivity contribution >= 4 is 23.5 Å². The van der Waals surface area contributed by atoms with Crippen molar-refractivity contribution in [1.82, 2.24) is 4.98 Å². The molecule has 1 heterocycles. The zero-order valence-corrected chi connectivity index (χ0v) is 8.60. The normalized spacial score (nSPS) is 9.14. The third-order valence-corrected chi connectivity index (χ3v) is 2.05. The highest BCUT2D eigenvalue weighted by Gasteiger charge is 2.04. The number of thioether (sulfide) groups is 1. The van der Waals surface area contributed by atoms with E-state index in [1.54, 1.807) is 18.3 Å². The molecular formula is C10H10N2OS. The summed E-state index contributed by atoms with van der Waals surface area (Å²) in [7, 11) is 0. The molecular weight excluding hydrogens is 196 g/mol. The van der Waals surface area contributed by atoms with E-state index in [4.69, 9.17) is 6.42 Å². The summed E-state index contributed by atoms with van der Waals surface area (Å²) < 4.78 is 0. The molecule has 0 aromatic carbocycles. The lowest BCUT2D eigenvalue weighted by atomic mass is 10.2. The summed E-state index contributed by atoms with van der Waals surface area (Å²) in [5.74, 6) is 3.23. The Morgan fingerprint density at radius 3 is 3.21 bits per heavy atom. The van der Waals surface area contributed by atoms with E-state index in [2.05, 4.69) is 16.2 Å². The molecule has 0 atom stereocenters. The van der Waals surface area contributed by atoms with Gasteiger partial charge in [0.15, 0.2) is 0 Å². The topological polar surface area (TPSA) is 42.0 Å². The van der Waals surface area contributed by atoms with Gasteiger partial charge in [-0.05, 0) is 18.4 Å². The van der Waals surface area contributed by atoms with Crippen molar-refractivity contribution in [2.45, 2.75) is 0 Å². The molecule has 1 amide bonds. The number of rotatable bonds is 3. The zero-order valence-electron chi connectivity index (χ0n) is 7.78. The van der Waals surface area contributed by atoms with Gasteiger partial charge in [-0.2, -0.15) is 11.8 Å². The Hall–Kier alpha value is -1.47. The third-order valence-electron chi connectivity index (χ3n) is 1.50. The molecule has 4 heteroatoms. The second-order valence-corrected chi connectivity index (χ2v) is 3.39. The van der Waals surface area contributed by atoms with Crippen LogP contribution in [0.3, 0.4) is 0 Å². The fourth-order valence-corrected chi connectivity index (χ4v) is 1.25. The summed E-state index contributed by atoms with van der Waals surface area (Å²) in [6.07, 6.45) is 8.71. The molecule has 0 bridgehead atoms. The number of carbonyl (C=O) groups excluding carboxylic acids is 1. The van der Waals surface area contributed by atoms with E-state index in [9.17, 15) is 4.79 Å². The monoisotopic (exact) mass is 206 g/mol. The van der Waals surface area contributed by atoms with Crippen LogP contribution in [0, 0.1) is 12.3 Å². The van der Waals surface area contributed by atoms with Gasteiger partial charge in [-0.1, -0.05) is 5.92 Å². The summed E-state index contributed by atoms with van der Waals surface area (Å²) in [6, 6.07) is 3.47. The first-order chi connectivity index (χ1) is 6.77. The number of hydrogen-bond acceptors (Lipinski definition) is 3. The van der Waals surface area contributed by atoms with E-state index in [1.165, 1.54) is 11.8 Å². The minimum Gasteiger partial charge on any atom is -0.309 e. The van der Waals surface area contributed by atoms with Gasteiger partial charge in [-0.3, -0.25) is 4.79 Å². The van der Waals surface area contributed by atoms with Gasteiger partial charge in [0.05, 0.1) is 11.3 Å². The predicted octanol–water partition coefficient (Wildman–Crippen LogP) is 1.36. The summed E-state index contributed by atoms with van der Waals surface area (Å²) in [6.45, 7) is 0. The van der Waals surface area contributed by atoms with Crippen molar-refractivity contribution in [1.29, 1.82) is 0 Å². The Morgan fingerprint density at radius 1 is 1.79 bits per heavy atom. The first kappa shape index (κ1) is 10.6. The van der Waals surface area contributed by atoms with E-state index in [0.29, 0.717) is 17.1 Å². The first-order valence-electron chi connectivity index (χ1n) is 3.98. The van der Waals surface area contributed by atoms with Crippen LogP contribution in [0.15, 0.2) is 18.3 Å². The van der Waals surface area contributed by atoms with Crippen LogP contribution in [0.25, 0.3) is 0 Å². The average molecular weight is 206 g/mol. The van der Waals surface area contributed by atoms with Crippen LogP contribution in [0.2, 0.25) is 0 Å². The van der Waals surface area contributed by atoms with Crippen LogP contribution in [0.4, 0.5) is 5.82 Å². The highest BCUT2D eigenvalue weighted by Crippen LogP contribution is 2.09. The van der Waals surface area contributed by atoms with Crippen LogP contribution in [-0.4, -0.2) is 22.9 Å². The van der Waals surface area contributed by atoms with Crippen LogP contribution < -0.4 is 5.32 Å². The number of pyridine rings is 1. The third kappa shape index (κ3) is 2.79. The highest BCUT2D eigenvalue weighted by atomic mass is 32.2. The fraction of sp³-hybridized carbons (Fsp3) is 0.200. The Bertz CT molecular complexity index is 371. The average Bonchev–Trinajstić information content (AvgIpc) is 2.19. The molecule has 72 valence electrons. The van der Waals surface area contributed by atoms with E-state index in [0.717, 1.165) is 0 Å². The number of amides is 1. The van der Waals surface area contributed by atoms with E-state index >= 15 is 0 Å². The Kier molecular flexibility index (Phi) is 4.02.